The van der Waals surface area contributed by atoms with Crippen molar-refractivity contribution >= 4 is 0 Å². The third kappa shape index (κ3) is 2.58. The lowest BCUT2D eigenvalue weighted by molar-refractivity contribution is 0.174. The van der Waals surface area contributed by atoms with Crippen molar-refractivity contribution in [2.75, 3.05) is 6.79 Å². The molecule has 5 nitrogen and oxygen atoms in total. The summed E-state index contributed by atoms with van der Waals surface area (Å²) in [7, 11) is 0. The highest BCUT2D eigenvalue weighted by atomic mass is 16.7. The van der Waals surface area contributed by atoms with E-state index in [2.05, 4.69) is 35.2 Å². The highest BCUT2D eigenvalue weighted by Gasteiger charge is 2.17. The molecule has 5 heteroatoms. The predicted molar refractivity (Wildman–Crippen MR) is 74.6 cm³/mol. The Morgan fingerprint density at radius 2 is 1.95 bits per heavy atom. The highest BCUT2D eigenvalue weighted by Crippen LogP contribution is 2.34. The number of hydrogen-bond donors (Lipinski definition) is 1. The number of nitrogens with one attached hydrogen (secondary N) is 1. The molecule has 20 heavy (non-hydrogen) atoms. The molecule has 104 valence electrons. The molecule has 0 spiro atoms. The van der Waals surface area contributed by atoms with Crippen LogP contribution in [0.4, 0.5) is 0 Å². The zero-order valence-corrected chi connectivity index (χ0v) is 11.5. The Bertz CT molecular complexity index is 589. The average molecular weight is 271 g/mol. The van der Waals surface area contributed by atoms with Crippen LogP contribution in [0.5, 0.6) is 11.5 Å². The molecule has 1 aromatic carbocycles. The summed E-state index contributed by atoms with van der Waals surface area (Å²) in [6.07, 6.45) is 5.17. The van der Waals surface area contributed by atoms with E-state index in [0.29, 0.717) is 6.79 Å². The maximum absolute atomic E-state index is 5.41. The number of rotatable bonds is 4. The van der Waals surface area contributed by atoms with E-state index in [1.165, 1.54) is 0 Å². The summed E-state index contributed by atoms with van der Waals surface area (Å²) in [4.78, 5) is 8.41. The van der Waals surface area contributed by atoms with Gasteiger partial charge in [-0.25, -0.2) is 0 Å². The van der Waals surface area contributed by atoms with Crippen molar-refractivity contribution in [1.82, 2.24) is 15.3 Å². The van der Waals surface area contributed by atoms with E-state index in [0.717, 1.165) is 22.8 Å². The first-order valence-electron chi connectivity index (χ1n) is 6.65. The molecule has 3 rings (SSSR count). The number of aromatic nitrogens is 2. The van der Waals surface area contributed by atoms with Crippen LogP contribution in [-0.4, -0.2) is 16.8 Å². The molecule has 0 saturated carbocycles. The van der Waals surface area contributed by atoms with Crippen LogP contribution < -0.4 is 14.8 Å². The minimum Gasteiger partial charge on any atom is -0.454 e. The Hall–Kier alpha value is -2.14. The number of benzene rings is 1. The van der Waals surface area contributed by atoms with Gasteiger partial charge in [-0.3, -0.25) is 9.97 Å². The molecular weight excluding hydrogens is 254 g/mol. The van der Waals surface area contributed by atoms with Crippen LogP contribution in [0.15, 0.2) is 36.8 Å². The summed E-state index contributed by atoms with van der Waals surface area (Å²) in [6.45, 7) is 4.49. The molecule has 0 amide bonds. The van der Waals surface area contributed by atoms with Crippen LogP contribution in [0.2, 0.25) is 0 Å². The predicted octanol–water partition coefficient (Wildman–Crippen LogP) is 2.62. The van der Waals surface area contributed by atoms with Crippen molar-refractivity contribution in [3.63, 3.8) is 0 Å². The Labute approximate surface area is 118 Å². The molecule has 0 bridgehead atoms. The standard InChI is InChI=1S/C15H17N3O2/c1-10(18-11(2)13-8-16-5-6-17-13)12-3-4-14-15(7-12)20-9-19-14/h3-8,10-11,18H,9H2,1-2H3. The third-order valence-electron chi connectivity index (χ3n) is 3.42. The van der Waals surface area contributed by atoms with Gasteiger partial charge >= 0.3 is 0 Å². The molecule has 0 radical (unpaired) electrons. The second-order valence-electron chi connectivity index (χ2n) is 4.85. The molecule has 2 unspecified atom stereocenters. The molecule has 1 aromatic heterocycles. The van der Waals surface area contributed by atoms with Gasteiger partial charge < -0.3 is 14.8 Å². The Kier molecular flexibility index (Phi) is 3.52. The monoisotopic (exact) mass is 271 g/mol. The van der Waals surface area contributed by atoms with Crippen molar-refractivity contribution in [3.05, 3.63) is 48.0 Å². The van der Waals surface area contributed by atoms with E-state index in [1.807, 2.05) is 12.1 Å². The Morgan fingerprint density at radius 3 is 2.75 bits per heavy atom. The van der Waals surface area contributed by atoms with E-state index in [1.54, 1.807) is 18.6 Å². The van der Waals surface area contributed by atoms with E-state index < -0.39 is 0 Å². The largest absolute Gasteiger partial charge is 0.454 e. The molecule has 0 aliphatic carbocycles. The van der Waals surface area contributed by atoms with Gasteiger partial charge in [0.1, 0.15) is 0 Å². The molecule has 0 fully saturated rings. The summed E-state index contributed by atoms with van der Waals surface area (Å²) in [6, 6.07) is 6.33. The third-order valence-corrected chi connectivity index (χ3v) is 3.42. The molecule has 2 aromatic rings. The van der Waals surface area contributed by atoms with Gasteiger partial charge in [0.2, 0.25) is 6.79 Å². The van der Waals surface area contributed by atoms with Crippen molar-refractivity contribution < 1.29 is 9.47 Å². The normalized spacial score (nSPS) is 15.9. The second-order valence-corrected chi connectivity index (χ2v) is 4.85. The van der Waals surface area contributed by atoms with Crippen LogP contribution in [0.3, 0.4) is 0 Å². The summed E-state index contributed by atoms with van der Waals surface area (Å²) >= 11 is 0. The zero-order chi connectivity index (χ0) is 13.9. The molecule has 1 aliphatic rings. The topological polar surface area (TPSA) is 56.3 Å². The number of hydrogen-bond acceptors (Lipinski definition) is 5. The molecule has 2 atom stereocenters. The van der Waals surface area contributed by atoms with E-state index >= 15 is 0 Å². The number of fused-ring (bicyclic) bond motifs is 1. The smallest absolute Gasteiger partial charge is 0.231 e. The summed E-state index contributed by atoms with van der Waals surface area (Å²) in [5.74, 6) is 1.62. The van der Waals surface area contributed by atoms with E-state index in [9.17, 15) is 0 Å². The van der Waals surface area contributed by atoms with Gasteiger partial charge in [-0.05, 0) is 31.5 Å². The molecular formula is C15H17N3O2. The fraction of sp³-hybridized carbons (Fsp3) is 0.333. The molecule has 0 saturated heterocycles. The SMILES string of the molecule is CC(NC(C)c1cnccn1)c1ccc2c(c1)OCO2. The minimum atomic E-state index is 0.129. The van der Waals surface area contributed by atoms with Crippen molar-refractivity contribution in [1.29, 1.82) is 0 Å². The van der Waals surface area contributed by atoms with Crippen LogP contribution in [-0.2, 0) is 0 Å². The first kappa shape index (κ1) is 12.9. The van der Waals surface area contributed by atoms with Gasteiger partial charge in [0.25, 0.3) is 0 Å². The van der Waals surface area contributed by atoms with Crippen molar-refractivity contribution in [3.8, 4) is 11.5 Å². The van der Waals surface area contributed by atoms with Crippen LogP contribution in [0.25, 0.3) is 0 Å². The quantitative estimate of drug-likeness (QED) is 0.926. The maximum Gasteiger partial charge on any atom is 0.231 e. The van der Waals surface area contributed by atoms with Crippen LogP contribution >= 0.6 is 0 Å². The van der Waals surface area contributed by atoms with Gasteiger partial charge in [0.05, 0.1) is 5.69 Å². The summed E-state index contributed by atoms with van der Waals surface area (Å²) < 4.78 is 10.7. The highest BCUT2D eigenvalue weighted by molar-refractivity contribution is 5.45. The van der Waals surface area contributed by atoms with Gasteiger partial charge in [-0.2, -0.15) is 0 Å². The first-order valence-corrected chi connectivity index (χ1v) is 6.65. The van der Waals surface area contributed by atoms with E-state index in [-0.39, 0.29) is 12.1 Å². The maximum atomic E-state index is 5.41. The lowest BCUT2D eigenvalue weighted by Gasteiger charge is -2.20. The van der Waals surface area contributed by atoms with Crippen LogP contribution in [0, 0.1) is 0 Å². The van der Waals surface area contributed by atoms with Crippen molar-refractivity contribution in [2.45, 2.75) is 25.9 Å². The number of nitrogens with zero attached hydrogens (tertiary/aromatic N) is 2. The molecule has 1 aliphatic heterocycles. The van der Waals surface area contributed by atoms with Crippen molar-refractivity contribution in [2.24, 2.45) is 0 Å². The number of ether oxygens (including phenoxy) is 2. The molecule has 2 heterocycles. The summed E-state index contributed by atoms with van der Waals surface area (Å²) in [5.41, 5.74) is 2.09. The van der Waals surface area contributed by atoms with Gasteiger partial charge in [0, 0.05) is 30.7 Å². The first-order chi connectivity index (χ1) is 9.74. The molecule has 1 N–H and O–H groups in total. The van der Waals surface area contributed by atoms with E-state index in [4.69, 9.17) is 9.47 Å². The average Bonchev–Trinajstić information content (AvgIpc) is 2.95. The Morgan fingerprint density at radius 1 is 1.10 bits per heavy atom. The van der Waals surface area contributed by atoms with Gasteiger partial charge in [0.15, 0.2) is 11.5 Å². The second kappa shape index (κ2) is 5.46. The Balaban J connectivity index is 1.71. The fourth-order valence-corrected chi connectivity index (χ4v) is 2.27. The van der Waals surface area contributed by atoms with Crippen LogP contribution in [0.1, 0.15) is 37.2 Å². The minimum absolute atomic E-state index is 0.129. The van der Waals surface area contributed by atoms with Gasteiger partial charge in [-0.15, -0.1) is 0 Å². The fourth-order valence-electron chi connectivity index (χ4n) is 2.27. The zero-order valence-electron chi connectivity index (χ0n) is 11.5. The lowest BCUT2D eigenvalue weighted by Crippen LogP contribution is -2.23. The summed E-state index contributed by atoms with van der Waals surface area (Å²) in [5, 5.41) is 3.50. The van der Waals surface area contributed by atoms with Gasteiger partial charge in [-0.1, -0.05) is 6.07 Å². The lowest BCUT2D eigenvalue weighted by atomic mass is 10.1.